The summed E-state index contributed by atoms with van der Waals surface area (Å²) in [4.78, 5) is 36.4. The van der Waals surface area contributed by atoms with Crippen molar-refractivity contribution in [2.75, 3.05) is 6.54 Å². The number of benzene rings is 2. The number of nitrogens with zero attached hydrogens (tertiary/aromatic N) is 3. The van der Waals surface area contributed by atoms with Crippen LogP contribution in [0.4, 0.5) is 10.5 Å². The fourth-order valence-electron chi connectivity index (χ4n) is 3.22. The summed E-state index contributed by atoms with van der Waals surface area (Å²) < 4.78 is 10.8. The normalized spacial score (nSPS) is 17.8. The molecule has 1 heterocycles. The van der Waals surface area contributed by atoms with Gasteiger partial charge in [0.05, 0.1) is 35.6 Å². The molecule has 0 spiro atoms. The van der Waals surface area contributed by atoms with Crippen molar-refractivity contribution in [1.82, 2.24) is 4.90 Å². The van der Waals surface area contributed by atoms with Gasteiger partial charge in [-0.15, -0.1) is 0 Å². The third kappa shape index (κ3) is 5.11. The second-order valence-electron chi connectivity index (χ2n) is 6.78. The highest BCUT2D eigenvalue weighted by Gasteiger charge is 2.38. The van der Waals surface area contributed by atoms with E-state index >= 15 is 0 Å². The number of rotatable bonds is 6. The molecule has 0 radical (unpaired) electrons. The van der Waals surface area contributed by atoms with Crippen LogP contribution in [0.3, 0.4) is 0 Å². The van der Waals surface area contributed by atoms with E-state index in [4.69, 9.17) is 14.7 Å². The van der Waals surface area contributed by atoms with Crippen LogP contribution in [0.5, 0.6) is 0 Å². The van der Waals surface area contributed by atoms with Crippen molar-refractivity contribution in [2.24, 2.45) is 0 Å². The molecule has 0 unspecified atom stereocenters. The summed E-state index contributed by atoms with van der Waals surface area (Å²) in [5.74, 6) is -0.489. The Balaban J connectivity index is 1.58. The Hall–Kier alpha value is -3.93. The number of ether oxygens (including phenoxy) is 2. The van der Waals surface area contributed by atoms with Crippen molar-refractivity contribution in [3.63, 3.8) is 0 Å². The molecule has 1 aliphatic rings. The first-order chi connectivity index (χ1) is 14.5. The van der Waals surface area contributed by atoms with Crippen LogP contribution in [-0.4, -0.2) is 40.6 Å². The highest BCUT2D eigenvalue weighted by atomic mass is 16.6. The summed E-state index contributed by atoms with van der Waals surface area (Å²) >= 11 is 0. The van der Waals surface area contributed by atoms with Gasteiger partial charge in [-0.1, -0.05) is 18.2 Å². The summed E-state index contributed by atoms with van der Waals surface area (Å²) in [6.07, 6.45) is -0.736. The molecule has 3 rings (SSSR count). The maximum absolute atomic E-state index is 12.5. The van der Waals surface area contributed by atoms with Crippen LogP contribution in [0, 0.1) is 21.4 Å². The number of esters is 1. The first-order valence-corrected chi connectivity index (χ1v) is 9.27. The number of nitro groups is 1. The molecule has 1 amide bonds. The summed E-state index contributed by atoms with van der Waals surface area (Å²) in [5.41, 5.74) is 0.951. The highest BCUT2D eigenvalue weighted by molar-refractivity contribution is 5.89. The fourth-order valence-corrected chi connectivity index (χ4v) is 3.22. The second-order valence-corrected chi connectivity index (χ2v) is 6.78. The minimum atomic E-state index is -0.633. The molecule has 2 aromatic carbocycles. The Morgan fingerprint density at radius 2 is 1.87 bits per heavy atom. The van der Waals surface area contributed by atoms with Crippen LogP contribution in [0.15, 0.2) is 54.6 Å². The van der Waals surface area contributed by atoms with Gasteiger partial charge in [0.1, 0.15) is 12.7 Å². The number of likely N-dealkylation sites (tertiary alicyclic amines) is 1. The zero-order valence-electron chi connectivity index (χ0n) is 16.0. The molecule has 0 saturated carbocycles. The van der Waals surface area contributed by atoms with Gasteiger partial charge in [-0.25, -0.2) is 9.59 Å². The molecule has 154 valence electrons. The van der Waals surface area contributed by atoms with Crippen LogP contribution >= 0.6 is 0 Å². The standard InChI is InChI=1S/C21H19N3O6/c22-11-10-18-12-19(30-20(25)16-4-2-1-3-5-16)13-23(18)21(26)29-14-15-6-8-17(9-7-15)24(27)28/h1-9,18-19H,10,12-14H2/t18-,19-/m1/s1. The van der Waals surface area contributed by atoms with E-state index in [9.17, 15) is 19.7 Å². The van der Waals surface area contributed by atoms with Gasteiger partial charge in [-0.2, -0.15) is 5.26 Å². The Morgan fingerprint density at radius 1 is 1.17 bits per heavy atom. The fraction of sp³-hybridized carbons (Fsp3) is 0.286. The number of non-ortho nitro benzene ring substituents is 1. The molecule has 2 aromatic rings. The number of hydrogen-bond donors (Lipinski definition) is 0. The van der Waals surface area contributed by atoms with Gasteiger partial charge < -0.3 is 14.4 Å². The lowest BCUT2D eigenvalue weighted by molar-refractivity contribution is -0.384. The van der Waals surface area contributed by atoms with E-state index in [2.05, 4.69) is 0 Å². The number of carbonyl (C=O) groups excluding carboxylic acids is 2. The Labute approximate surface area is 172 Å². The van der Waals surface area contributed by atoms with E-state index in [0.717, 1.165) is 0 Å². The topological polar surface area (TPSA) is 123 Å². The quantitative estimate of drug-likeness (QED) is 0.407. The molecule has 0 aromatic heterocycles. The van der Waals surface area contributed by atoms with Crippen LogP contribution in [0.2, 0.25) is 0 Å². The maximum Gasteiger partial charge on any atom is 0.410 e. The first kappa shape index (κ1) is 20.8. The molecule has 9 nitrogen and oxygen atoms in total. The molecule has 30 heavy (non-hydrogen) atoms. The first-order valence-electron chi connectivity index (χ1n) is 9.27. The average molecular weight is 409 g/mol. The summed E-state index contributed by atoms with van der Waals surface area (Å²) in [7, 11) is 0. The van der Waals surface area contributed by atoms with Gasteiger partial charge in [0.15, 0.2) is 0 Å². The molecule has 0 aliphatic carbocycles. The minimum Gasteiger partial charge on any atom is -0.457 e. The Kier molecular flexibility index (Phi) is 6.60. The van der Waals surface area contributed by atoms with Gasteiger partial charge in [-0.05, 0) is 29.8 Å². The van der Waals surface area contributed by atoms with E-state index in [1.54, 1.807) is 30.3 Å². The third-order valence-electron chi connectivity index (χ3n) is 4.73. The lowest BCUT2D eigenvalue weighted by atomic mass is 10.1. The molecular weight excluding hydrogens is 390 g/mol. The number of nitriles is 1. The van der Waals surface area contributed by atoms with E-state index in [-0.39, 0.29) is 25.3 Å². The van der Waals surface area contributed by atoms with Crippen LogP contribution < -0.4 is 0 Å². The SMILES string of the molecule is N#CC[C@@H]1C[C@@H](OC(=O)c2ccccc2)CN1C(=O)OCc1ccc([N+](=O)[O-])cc1. The van der Waals surface area contributed by atoms with Crippen LogP contribution in [0.25, 0.3) is 0 Å². The van der Waals surface area contributed by atoms with Gasteiger partial charge >= 0.3 is 12.1 Å². The van der Waals surface area contributed by atoms with Crippen LogP contribution in [0.1, 0.15) is 28.8 Å². The van der Waals surface area contributed by atoms with Crippen molar-refractivity contribution < 1.29 is 24.0 Å². The molecule has 0 N–H and O–H groups in total. The van der Waals surface area contributed by atoms with Crippen molar-refractivity contribution >= 4 is 17.7 Å². The van der Waals surface area contributed by atoms with Crippen molar-refractivity contribution in [3.05, 3.63) is 75.8 Å². The zero-order chi connectivity index (χ0) is 21.5. The predicted octanol–water partition coefficient (Wildman–Crippen LogP) is 3.44. The van der Waals surface area contributed by atoms with Gasteiger partial charge in [-0.3, -0.25) is 10.1 Å². The molecule has 1 aliphatic heterocycles. The van der Waals surface area contributed by atoms with E-state index in [0.29, 0.717) is 17.5 Å². The Morgan fingerprint density at radius 3 is 2.50 bits per heavy atom. The molecular formula is C21H19N3O6. The Bertz CT molecular complexity index is 955. The number of carbonyl (C=O) groups is 2. The highest BCUT2D eigenvalue weighted by Crippen LogP contribution is 2.25. The minimum absolute atomic E-state index is 0.0539. The van der Waals surface area contributed by atoms with Crippen molar-refractivity contribution in [1.29, 1.82) is 5.26 Å². The molecule has 1 saturated heterocycles. The smallest absolute Gasteiger partial charge is 0.410 e. The molecule has 2 atom stereocenters. The van der Waals surface area contributed by atoms with E-state index in [1.807, 2.05) is 6.07 Å². The third-order valence-corrected chi connectivity index (χ3v) is 4.73. The molecule has 1 fully saturated rings. The van der Waals surface area contributed by atoms with Gasteiger partial charge in [0.25, 0.3) is 5.69 Å². The molecule has 0 bridgehead atoms. The maximum atomic E-state index is 12.5. The number of nitro benzene ring substituents is 1. The monoisotopic (exact) mass is 409 g/mol. The lowest BCUT2D eigenvalue weighted by Gasteiger charge is -2.21. The largest absolute Gasteiger partial charge is 0.457 e. The lowest BCUT2D eigenvalue weighted by Crippen LogP contribution is -2.36. The predicted molar refractivity (Wildman–Crippen MR) is 104 cm³/mol. The second kappa shape index (κ2) is 9.52. The van der Waals surface area contributed by atoms with E-state index < -0.39 is 29.1 Å². The van der Waals surface area contributed by atoms with Crippen LogP contribution in [-0.2, 0) is 16.1 Å². The summed E-state index contributed by atoms with van der Waals surface area (Å²) in [6.45, 7) is 0.0606. The number of amides is 1. The van der Waals surface area contributed by atoms with Gasteiger partial charge in [0, 0.05) is 18.6 Å². The average Bonchev–Trinajstić information content (AvgIpc) is 3.15. The van der Waals surface area contributed by atoms with Crippen molar-refractivity contribution in [3.8, 4) is 6.07 Å². The van der Waals surface area contributed by atoms with Gasteiger partial charge in [0.2, 0.25) is 0 Å². The molecule has 9 heteroatoms. The summed E-state index contributed by atoms with van der Waals surface area (Å²) in [5, 5.41) is 19.8. The summed E-state index contributed by atoms with van der Waals surface area (Å²) in [6, 6.07) is 15.8. The van der Waals surface area contributed by atoms with Crippen molar-refractivity contribution in [2.45, 2.75) is 31.6 Å². The van der Waals surface area contributed by atoms with E-state index in [1.165, 1.54) is 29.2 Å². The number of hydrogen-bond acceptors (Lipinski definition) is 7. The zero-order valence-corrected chi connectivity index (χ0v) is 16.0.